The molecule has 3 unspecified atom stereocenters. The number of carbonyl (C=O) groups is 1. The van der Waals surface area contributed by atoms with Crippen LogP contribution in [0.15, 0.2) is 63.8 Å². The van der Waals surface area contributed by atoms with E-state index in [1.54, 1.807) is 0 Å². The third-order valence-corrected chi connectivity index (χ3v) is 9.70. The van der Waals surface area contributed by atoms with Gasteiger partial charge in [-0.1, -0.05) is 52.3 Å². The number of primary amides is 1. The molecule has 1 heterocycles. The van der Waals surface area contributed by atoms with Gasteiger partial charge in [0.1, 0.15) is 11.3 Å². The molecule has 1 amide bonds. The maximum atomic E-state index is 12.2. The van der Waals surface area contributed by atoms with Crippen molar-refractivity contribution in [2.75, 3.05) is 0 Å². The first-order valence-corrected chi connectivity index (χ1v) is 14.7. The van der Waals surface area contributed by atoms with Crippen LogP contribution in [0.2, 0.25) is 0 Å². The smallest absolute Gasteiger partial charge is 0.235 e. The Bertz CT molecular complexity index is 1770. The molecule has 2 aliphatic carbocycles. The molecule has 2 aliphatic rings. The Labute approximate surface area is 250 Å². The normalized spacial score (nSPS) is 22.8. The number of amides is 1. The first-order chi connectivity index (χ1) is 20.3. The lowest BCUT2D eigenvalue weighted by atomic mass is 9.49. The van der Waals surface area contributed by atoms with E-state index in [9.17, 15) is 30.0 Å². The van der Waals surface area contributed by atoms with Crippen LogP contribution in [0.4, 0.5) is 0 Å². The number of hydrogen-bond acceptors (Lipinski definition) is 7. The summed E-state index contributed by atoms with van der Waals surface area (Å²) in [7, 11) is 0. The molecule has 4 aromatic rings. The summed E-state index contributed by atoms with van der Waals surface area (Å²) in [6.45, 7) is 8.97. The average molecular weight is 586 g/mol. The largest absolute Gasteiger partial charge is 0.508 e. The van der Waals surface area contributed by atoms with Gasteiger partial charge in [0.2, 0.25) is 17.1 Å². The van der Waals surface area contributed by atoms with Gasteiger partial charge in [0.25, 0.3) is 0 Å². The van der Waals surface area contributed by atoms with Gasteiger partial charge in [0, 0.05) is 17.0 Å². The maximum Gasteiger partial charge on any atom is 0.235 e. The van der Waals surface area contributed by atoms with Crippen LogP contribution in [0.5, 0.6) is 23.0 Å². The van der Waals surface area contributed by atoms with E-state index in [1.807, 2.05) is 0 Å². The summed E-state index contributed by atoms with van der Waals surface area (Å²) in [6.07, 6.45) is 5.39. The van der Waals surface area contributed by atoms with E-state index in [4.69, 9.17) is 10.2 Å². The zero-order valence-corrected chi connectivity index (χ0v) is 25.0. The lowest BCUT2D eigenvalue weighted by Crippen LogP contribution is -2.54. The Morgan fingerprint density at radius 1 is 0.953 bits per heavy atom. The van der Waals surface area contributed by atoms with E-state index in [2.05, 4.69) is 45.9 Å². The van der Waals surface area contributed by atoms with Gasteiger partial charge in [-0.05, 0) is 90.0 Å². The summed E-state index contributed by atoms with van der Waals surface area (Å²) in [5.74, 6) is -0.764. The summed E-state index contributed by atoms with van der Waals surface area (Å²) >= 11 is 0. The van der Waals surface area contributed by atoms with E-state index in [0.29, 0.717) is 11.8 Å². The highest BCUT2D eigenvalue weighted by Crippen LogP contribution is 2.57. The molecule has 1 fully saturated rings. The van der Waals surface area contributed by atoms with E-state index in [0.717, 1.165) is 31.7 Å². The van der Waals surface area contributed by atoms with Gasteiger partial charge < -0.3 is 30.6 Å². The second-order valence-corrected chi connectivity index (χ2v) is 12.7. The van der Waals surface area contributed by atoms with E-state index >= 15 is 0 Å². The summed E-state index contributed by atoms with van der Waals surface area (Å²) in [6, 6.07) is 14.7. The maximum absolute atomic E-state index is 12.2. The molecule has 6 N–H and O–H groups in total. The van der Waals surface area contributed by atoms with Crippen LogP contribution >= 0.6 is 0 Å². The van der Waals surface area contributed by atoms with E-state index in [1.165, 1.54) is 53.4 Å². The number of fused-ring (bicyclic) bond motifs is 4. The lowest BCUT2D eigenvalue weighted by Gasteiger charge is -2.54. The molecule has 0 radical (unpaired) electrons. The number of carbonyl (C=O) groups excluding carboxylic acids is 1. The first kappa shape index (κ1) is 30.0. The molecule has 3 aromatic carbocycles. The highest BCUT2D eigenvalue weighted by molar-refractivity contribution is 5.83. The van der Waals surface area contributed by atoms with Crippen molar-refractivity contribution in [3.8, 4) is 34.3 Å². The Kier molecular flexibility index (Phi) is 7.67. The standard InChI is InChI=1S/C20H29NO.C15H10O6/c1-13(2)14-6-8-16-15(12-14)7-9-17-19(16,3)10-5-11-20(17,4)18(21)22;16-8-2-3-9-12(6-8)21-15(14(20)13(9)19)7-1-4-10(17)11(18)5-7/h6,8,12-13,17H,5,7,9-11H2,1-4H3,(H2,21,22);1-6,16-18,20H. The molecule has 6 rings (SSSR count). The molecule has 43 heavy (non-hydrogen) atoms. The van der Waals surface area contributed by atoms with Crippen molar-refractivity contribution in [3.05, 3.63) is 81.5 Å². The molecule has 0 spiro atoms. The van der Waals surface area contributed by atoms with Crippen LogP contribution in [-0.2, 0) is 16.6 Å². The summed E-state index contributed by atoms with van der Waals surface area (Å²) < 4.78 is 5.43. The van der Waals surface area contributed by atoms with Crippen molar-refractivity contribution in [1.29, 1.82) is 0 Å². The van der Waals surface area contributed by atoms with Gasteiger partial charge in [0.15, 0.2) is 17.3 Å². The predicted molar refractivity (Wildman–Crippen MR) is 165 cm³/mol. The summed E-state index contributed by atoms with van der Waals surface area (Å²) in [5.41, 5.74) is 9.62. The molecule has 0 aliphatic heterocycles. The van der Waals surface area contributed by atoms with Crippen LogP contribution in [0.1, 0.15) is 76.0 Å². The van der Waals surface area contributed by atoms with Crippen molar-refractivity contribution in [3.63, 3.8) is 0 Å². The van der Waals surface area contributed by atoms with E-state index < -0.39 is 16.9 Å². The number of rotatable bonds is 3. The molecule has 0 saturated heterocycles. The molecule has 1 aromatic heterocycles. The molecule has 0 bridgehead atoms. The van der Waals surface area contributed by atoms with Crippen molar-refractivity contribution in [2.24, 2.45) is 17.1 Å². The van der Waals surface area contributed by atoms with Crippen LogP contribution in [0.25, 0.3) is 22.3 Å². The highest BCUT2D eigenvalue weighted by Gasteiger charge is 2.54. The average Bonchev–Trinajstić information content (AvgIpc) is 2.96. The van der Waals surface area contributed by atoms with E-state index in [-0.39, 0.29) is 50.5 Å². The zero-order valence-electron chi connectivity index (χ0n) is 25.0. The van der Waals surface area contributed by atoms with Crippen LogP contribution < -0.4 is 11.2 Å². The van der Waals surface area contributed by atoms with Gasteiger partial charge >= 0.3 is 0 Å². The molecule has 3 atom stereocenters. The molecule has 8 heteroatoms. The Balaban J connectivity index is 0.000000171. The molecular formula is C35H39NO7. The summed E-state index contributed by atoms with van der Waals surface area (Å²) in [5, 5.41) is 38.3. The topological polar surface area (TPSA) is 154 Å². The third kappa shape index (κ3) is 5.19. The van der Waals surface area contributed by atoms with Crippen molar-refractivity contribution in [1.82, 2.24) is 0 Å². The first-order valence-electron chi connectivity index (χ1n) is 14.7. The number of hydrogen-bond donors (Lipinski definition) is 5. The molecule has 8 nitrogen and oxygen atoms in total. The quantitative estimate of drug-likeness (QED) is 0.170. The van der Waals surface area contributed by atoms with Crippen molar-refractivity contribution < 1.29 is 29.6 Å². The van der Waals surface area contributed by atoms with Gasteiger partial charge in [-0.3, -0.25) is 9.59 Å². The van der Waals surface area contributed by atoms with Crippen LogP contribution in [-0.4, -0.2) is 26.3 Å². The minimum atomic E-state index is -0.654. The molecule has 1 saturated carbocycles. The van der Waals surface area contributed by atoms with Gasteiger partial charge in [-0.25, -0.2) is 0 Å². The fourth-order valence-corrected chi connectivity index (χ4v) is 7.20. The number of nitrogens with two attached hydrogens (primary N) is 1. The van der Waals surface area contributed by atoms with Crippen LogP contribution in [0.3, 0.4) is 0 Å². The minimum Gasteiger partial charge on any atom is -0.508 e. The molecule has 226 valence electrons. The number of phenolic OH excluding ortho intramolecular Hbond substituents is 3. The second-order valence-electron chi connectivity index (χ2n) is 12.7. The fraction of sp³-hybridized carbons (Fsp3) is 0.371. The zero-order chi connectivity index (χ0) is 31.3. The third-order valence-electron chi connectivity index (χ3n) is 9.70. The highest BCUT2D eigenvalue weighted by atomic mass is 16.4. The molecular weight excluding hydrogens is 546 g/mol. The van der Waals surface area contributed by atoms with Crippen molar-refractivity contribution in [2.45, 2.75) is 71.1 Å². The SMILES string of the molecule is CC(C)c1ccc2c(c1)CCC1C(C)(C(N)=O)CCCC21C.O=c1c(O)c(-c2ccc(O)c(O)c2)oc2cc(O)ccc12. The Morgan fingerprint density at radius 3 is 2.37 bits per heavy atom. The van der Waals surface area contributed by atoms with Crippen molar-refractivity contribution >= 4 is 16.9 Å². The monoisotopic (exact) mass is 585 g/mol. The second kappa shape index (κ2) is 11.0. The van der Waals surface area contributed by atoms with Gasteiger partial charge in [-0.2, -0.15) is 0 Å². The Hall–Kier alpha value is -4.46. The van der Waals surface area contributed by atoms with Gasteiger partial charge in [0.05, 0.1) is 5.39 Å². The number of aryl methyl sites for hydroxylation is 1. The predicted octanol–water partition coefficient (Wildman–Crippen LogP) is 6.59. The number of aromatic hydroxyl groups is 4. The number of benzene rings is 3. The van der Waals surface area contributed by atoms with Crippen LogP contribution in [0, 0.1) is 11.3 Å². The van der Waals surface area contributed by atoms with Gasteiger partial charge in [-0.15, -0.1) is 0 Å². The fourth-order valence-electron chi connectivity index (χ4n) is 7.20. The Morgan fingerprint density at radius 2 is 1.70 bits per heavy atom. The minimum absolute atomic E-state index is 0.0872. The number of phenols is 3. The lowest BCUT2D eigenvalue weighted by molar-refractivity contribution is -0.135. The summed E-state index contributed by atoms with van der Waals surface area (Å²) in [4.78, 5) is 24.2.